The molecular weight excluding hydrogens is 202 g/mol. The van der Waals surface area contributed by atoms with E-state index in [4.69, 9.17) is 16.7 Å². The summed E-state index contributed by atoms with van der Waals surface area (Å²) in [5, 5.41) is 12.2. The quantitative estimate of drug-likeness (QED) is 0.577. The van der Waals surface area contributed by atoms with E-state index in [1.165, 1.54) is 6.33 Å². The summed E-state index contributed by atoms with van der Waals surface area (Å²) >= 11 is 5.90. The maximum Gasteiger partial charge on any atom is 0.137 e. The number of aromatic nitrogens is 2. The molecule has 0 aliphatic carbocycles. The summed E-state index contributed by atoms with van der Waals surface area (Å²) in [6.45, 7) is 2.87. The van der Waals surface area contributed by atoms with Crippen molar-refractivity contribution in [3.8, 4) is 0 Å². The average molecular weight is 216 g/mol. The highest BCUT2D eigenvalue weighted by Crippen LogP contribution is 2.19. The summed E-state index contributed by atoms with van der Waals surface area (Å²) in [6.07, 6.45) is 2.93. The van der Waals surface area contributed by atoms with Gasteiger partial charge in [-0.05, 0) is 12.8 Å². The van der Waals surface area contributed by atoms with E-state index in [9.17, 15) is 0 Å². The largest absolute Gasteiger partial charge is 0.396 e. The van der Waals surface area contributed by atoms with Crippen molar-refractivity contribution in [2.45, 2.75) is 19.8 Å². The zero-order valence-corrected chi connectivity index (χ0v) is 8.88. The molecule has 1 aromatic rings. The lowest BCUT2D eigenvalue weighted by Gasteiger charge is -2.09. The van der Waals surface area contributed by atoms with Crippen LogP contribution in [0.15, 0.2) is 6.33 Å². The van der Waals surface area contributed by atoms with Crippen molar-refractivity contribution in [3.63, 3.8) is 0 Å². The molecule has 0 aromatic carbocycles. The third-order valence-electron chi connectivity index (χ3n) is 1.87. The van der Waals surface area contributed by atoms with Gasteiger partial charge in [-0.1, -0.05) is 18.5 Å². The van der Waals surface area contributed by atoms with Crippen molar-refractivity contribution in [2.24, 2.45) is 0 Å². The molecule has 0 bridgehead atoms. The van der Waals surface area contributed by atoms with Crippen molar-refractivity contribution in [1.82, 2.24) is 9.97 Å². The Morgan fingerprint density at radius 3 is 2.93 bits per heavy atom. The van der Waals surface area contributed by atoms with Crippen LogP contribution in [0.1, 0.15) is 18.9 Å². The lowest BCUT2D eigenvalue weighted by molar-refractivity contribution is 0.292. The Balaban J connectivity index is 2.70. The van der Waals surface area contributed by atoms with Crippen LogP contribution in [0.4, 0.5) is 5.82 Å². The van der Waals surface area contributed by atoms with Crippen LogP contribution in [0.2, 0.25) is 5.15 Å². The predicted octanol–water partition coefficient (Wildman–Crippen LogP) is 1.49. The normalized spacial score (nSPS) is 10.2. The van der Waals surface area contributed by atoms with E-state index < -0.39 is 0 Å². The minimum absolute atomic E-state index is 0.174. The average Bonchev–Trinajstić information content (AvgIpc) is 2.18. The molecule has 5 heteroatoms. The Kier molecular flexibility index (Phi) is 4.62. The summed E-state index contributed by atoms with van der Waals surface area (Å²) in [5.74, 6) is 0.765. The molecule has 0 spiro atoms. The van der Waals surface area contributed by atoms with Crippen LogP contribution >= 0.6 is 11.6 Å². The molecule has 1 heterocycles. The molecule has 1 aromatic heterocycles. The Morgan fingerprint density at radius 1 is 1.50 bits per heavy atom. The highest BCUT2D eigenvalue weighted by atomic mass is 35.5. The molecule has 0 saturated heterocycles. The van der Waals surface area contributed by atoms with E-state index in [-0.39, 0.29) is 6.61 Å². The summed E-state index contributed by atoms with van der Waals surface area (Å²) in [4.78, 5) is 8.00. The number of rotatable bonds is 5. The summed E-state index contributed by atoms with van der Waals surface area (Å²) in [7, 11) is 0. The molecule has 4 nitrogen and oxygen atoms in total. The molecule has 0 amide bonds. The molecule has 2 N–H and O–H groups in total. The summed E-state index contributed by atoms with van der Waals surface area (Å²) < 4.78 is 0. The first-order chi connectivity index (χ1) is 6.79. The zero-order valence-electron chi connectivity index (χ0n) is 8.13. The van der Waals surface area contributed by atoms with Gasteiger partial charge >= 0.3 is 0 Å². The molecule has 0 saturated carbocycles. The molecule has 0 radical (unpaired) electrons. The molecule has 14 heavy (non-hydrogen) atoms. The van der Waals surface area contributed by atoms with E-state index >= 15 is 0 Å². The van der Waals surface area contributed by atoms with Crippen LogP contribution in [0, 0.1) is 0 Å². The first-order valence-electron chi connectivity index (χ1n) is 4.63. The predicted molar refractivity (Wildman–Crippen MR) is 56.6 cm³/mol. The van der Waals surface area contributed by atoms with Gasteiger partial charge in [0.2, 0.25) is 0 Å². The highest BCUT2D eigenvalue weighted by Gasteiger charge is 2.06. The Morgan fingerprint density at radius 2 is 2.29 bits per heavy atom. The minimum atomic E-state index is 0.174. The van der Waals surface area contributed by atoms with Gasteiger partial charge in [0.1, 0.15) is 17.3 Å². The molecule has 0 aliphatic rings. The van der Waals surface area contributed by atoms with Crippen LogP contribution in [-0.4, -0.2) is 28.2 Å². The van der Waals surface area contributed by atoms with Gasteiger partial charge < -0.3 is 10.4 Å². The number of hydrogen-bond acceptors (Lipinski definition) is 4. The second-order valence-corrected chi connectivity index (χ2v) is 3.21. The van der Waals surface area contributed by atoms with Crippen molar-refractivity contribution in [2.75, 3.05) is 18.5 Å². The summed E-state index contributed by atoms with van der Waals surface area (Å²) in [5.41, 5.74) is 0.923. The van der Waals surface area contributed by atoms with Gasteiger partial charge in [-0.15, -0.1) is 0 Å². The smallest absolute Gasteiger partial charge is 0.137 e. The molecule has 78 valence electrons. The summed E-state index contributed by atoms with van der Waals surface area (Å²) in [6, 6.07) is 0. The first kappa shape index (κ1) is 11.2. The van der Waals surface area contributed by atoms with E-state index in [0.717, 1.165) is 17.8 Å². The zero-order chi connectivity index (χ0) is 10.4. The second kappa shape index (κ2) is 5.78. The van der Waals surface area contributed by atoms with Gasteiger partial charge in [0, 0.05) is 18.7 Å². The van der Waals surface area contributed by atoms with Crippen LogP contribution < -0.4 is 5.32 Å². The van der Waals surface area contributed by atoms with Crippen LogP contribution in [0.3, 0.4) is 0 Å². The maximum absolute atomic E-state index is 8.63. The highest BCUT2D eigenvalue weighted by molar-refractivity contribution is 6.30. The first-order valence-corrected chi connectivity index (χ1v) is 5.01. The monoisotopic (exact) mass is 215 g/mol. The number of aliphatic hydroxyl groups is 1. The van der Waals surface area contributed by atoms with Crippen molar-refractivity contribution < 1.29 is 5.11 Å². The fraction of sp³-hybridized carbons (Fsp3) is 0.556. The third-order valence-corrected chi connectivity index (χ3v) is 2.20. The van der Waals surface area contributed by atoms with Gasteiger partial charge in [0.15, 0.2) is 0 Å². The number of nitrogens with zero attached hydrogens (tertiary/aromatic N) is 2. The topological polar surface area (TPSA) is 58.0 Å². The SMILES string of the molecule is CCc1c(Cl)ncnc1NCCCO. The van der Waals surface area contributed by atoms with Gasteiger partial charge in [0.25, 0.3) is 0 Å². The van der Waals surface area contributed by atoms with E-state index in [2.05, 4.69) is 15.3 Å². The maximum atomic E-state index is 8.63. The number of anilines is 1. The number of aliphatic hydroxyl groups excluding tert-OH is 1. The van der Waals surface area contributed by atoms with Crippen LogP contribution in [0.5, 0.6) is 0 Å². The van der Waals surface area contributed by atoms with Gasteiger partial charge in [-0.25, -0.2) is 9.97 Å². The van der Waals surface area contributed by atoms with Crippen LogP contribution in [0.25, 0.3) is 0 Å². The van der Waals surface area contributed by atoms with E-state index in [0.29, 0.717) is 18.1 Å². The van der Waals surface area contributed by atoms with E-state index in [1.54, 1.807) is 0 Å². The number of halogens is 1. The Hall–Kier alpha value is -0.870. The van der Waals surface area contributed by atoms with Crippen molar-refractivity contribution in [1.29, 1.82) is 0 Å². The lowest BCUT2D eigenvalue weighted by atomic mass is 10.2. The molecule has 0 unspecified atom stereocenters. The van der Waals surface area contributed by atoms with Gasteiger partial charge in [-0.2, -0.15) is 0 Å². The third kappa shape index (κ3) is 2.82. The van der Waals surface area contributed by atoms with E-state index in [1.807, 2.05) is 6.92 Å². The standard InChI is InChI=1S/C9H14ClN3O/c1-2-7-8(10)12-6-13-9(7)11-4-3-5-14/h6,14H,2-5H2,1H3,(H,11,12,13). The minimum Gasteiger partial charge on any atom is -0.396 e. The molecule has 0 atom stereocenters. The molecule has 0 aliphatic heterocycles. The fourth-order valence-corrected chi connectivity index (χ4v) is 1.41. The number of hydrogen-bond donors (Lipinski definition) is 2. The molecular formula is C9H14ClN3O. The van der Waals surface area contributed by atoms with Crippen LogP contribution in [-0.2, 0) is 6.42 Å². The Bertz CT molecular complexity index is 293. The fourth-order valence-electron chi connectivity index (χ4n) is 1.14. The van der Waals surface area contributed by atoms with Crippen molar-refractivity contribution in [3.05, 3.63) is 17.0 Å². The van der Waals surface area contributed by atoms with Crippen molar-refractivity contribution >= 4 is 17.4 Å². The van der Waals surface area contributed by atoms with Gasteiger partial charge in [-0.3, -0.25) is 0 Å². The van der Waals surface area contributed by atoms with Gasteiger partial charge in [0.05, 0.1) is 0 Å². The Labute approximate surface area is 88.3 Å². The molecule has 0 fully saturated rings. The second-order valence-electron chi connectivity index (χ2n) is 2.85. The molecule has 1 rings (SSSR count). The lowest BCUT2D eigenvalue weighted by Crippen LogP contribution is -2.08. The number of nitrogens with one attached hydrogen (secondary N) is 1.